The third kappa shape index (κ3) is 3.27. The molecule has 19 heavy (non-hydrogen) atoms. The molecule has 0 bridgehead atoms. The molecule has 1 aliphatic rings. The van der Waals surface area contributed by atoms with E-state index in [0.29, 0.717) is 22.8 Å². The van der Waals surface area contributed by atoms with E-state index in [9.17, 15) is 8.42 Å². The molecule has 0 aromatic carbocycles. The van der Waals surface area contributed by atoms with Gasteiger partial charge < -0.3 is 5.32 Å². The summed E-state index contributed by atoms with van der Waals surface area (Å²) in [5.74, 6) is 0.770. The second-order valence-electron chi connectivity index (χ2n) is 5.49. The number of halogens is 1. The summed E-state index contributed by atoms with van der Waals surface area (Å²) >= 11 is 3.25. The van der Waals surface area contributed by atoms with Crippen LogP contribution < -0.4 is 10.0 Å². The number of hydrogen-bond donors (Lipinski definition) is 2. The van der Waals surface area contributed by atoms with Gasteiger partial charge in [0.05, 0.1) is 0 Å². The predicted molar refractivity (Wildman–Crippen MR) is 78.6 cm³/mol. The molecule has 0 radical (unpaired) electrons. The number of rotatable bonds is 5. The number of hydrogen-bond acceptors (Lipinski definition) is 4. The maximum atomic E-state index is 12.3. The summed E-state index contributed by atoms with van der Waals surface area (Å²) in [4.78, 5) is 4.23. The molecule has 1 fully saturated rings. The van der Waals surface area contributed by atoms with Crippen LogP contribution in [-0.2, 0) is 10.0 Å². The molecule has 2 rings (SSSR count). The van der Waals surface area contributed by atoms with Gasteiger partial charge in [0.1, 0.15) is 10.7 Å². The molecule has 1 atom stereocenters. The summed E-state index contributed by atoms with van der Waals surface area (Å²) in [7, 11) is -1.88. The zero-order chi connectivity index (χ0) is 14.3. The fraction of sp³-hybridized carbons (Fsp3) is 0.583. The highest BCUT2D eigenvalue weighted by Gasteiger charge is 2.45. The number of sulfonamides is 1. The largest absolute Gasteiger partial charge is 0.372 e. The Labute approximate surface area is 122 Å². The average Bonchev–Trinajstić information content (AvgIpc) is 2.95. The van der Waals surface area contributed by atoms with Gasteiger partial charge in [-0.15, -0.1) is 0 Å². The van der Waals surface area contributed by atoms with Crippen LogP contribution in [0.4, 0.5) is 5.82 Å². The van der Waals surface area contributed by atoms with E-state index in [4.69, 9.17) is 0 Å². The highest BCUT2D eigenvalue weighted by Crippen LogP contribution is 2.51. The molecule has 7 heteroatoms. The van der Waals surface area contributed by atoms with E-state index in [0.717, 1.165) is 6.42 Å². The van der Waals surface area contributed by atoms with Crippen LogP contribution in [0.15, 0.2) is 21.6 Å². The summed E-state index contributed by atoms with van der Waals surface area (Å²) in [6.07, 6.45) is 2.62. The van der Waals surface area contributed by atoms with Crippen molar-refractivity contribution in [2.75, 3.05) is 18.9 Å². The Morgan fingerprint density at radius 2 is 2.16 bits per heavy atom. The van der Waals surface area contributed by atoms with Crippen molar-refractivity contribution in [2.45, 2.75) is 25.2 Å². The zero-order valence-electron chi connectivity index (χ0n) is 11.2. The fourth-order valence-corrected chi connectivity index (χ4v) is 3.78. The minimum atomic E-state index is -3.54. The molecule has 1 aromatic rings. The van der Waals surface area contributed by atoms with Crippen LogP contribution in [0, 0.1) is 11.3 Å². The van der Waals surface area contributed by atoms with Gasteiger partial charge in [0, 0.05) is 24.3 Å². The van der Waals surface area contributed by atoms with Gasteiger partial charge >= 0.3 is 0 Å². The van der Waals surface area contributed by atoms with Crippen molar-refractivity contribution >= 4 is 31.8 Å². The van der Waals surface area contributed by atoms with Crippen molar-refractivity contribution in [3.63, 3.8) is 0 Å². The van der Waals surface area contributed by atoms with Crippen LogP contribution in [0.3, 0.4) is 0 Å². The molecule has 2 N–H and O–H groups in total. The Hall–Kier alpha value is -0.660. The van der Waals surface area contributed by atoms with E-state index in [1.165, 1.54) is 0 Å². The third-order valence-electron chi connectivity index (χ3n) is 3.58. The van der Waals surface area contributed by atoms with Crippen molar-refractivity contribution in [3.05, 3.63) is 16.7 Å². The Kier molecular flexibility index (Phi) is 3.90. The molecule has 0 amide bonds. The van der Waals surface area contributed by atoms with Crippen LogP contribution in [0.1, 0.15) is 20.3 Å². The van der Waals surface area contributed by atoms with E-state index in [2.05, 4.69) is 44.8 Å². The number of anilines is 1. The molecular formula is C12H18BrN3O2S. The van der Waals surface area contributed by atoms with Gasteiger partial charge in [-0.05, 0) is 39.8 Å². The van der Waals surface area contributed by atoms with Crippen molar-refractivity contribution in [1.82, 2.24) is 9.71 Å². The van der Waals surface area contributed by atoms with E-state index < -0.39 is 10.0 Å². The second kappa shape index (κ2) is 5.03. The van der Waals surface area contributed by atoms with Gasteiger partial charge in [0.15, 0.2) is 0 Å². The van der Waals surface area contributed by atoms with E-state index in [1.807, 2.05) is 0 Å². The molecule has 0 spiro atoms. The first-order valence-corrected chi connectivity index (χ1v) is 8.37. The minimum Gasteiger partial charge on any atom is -0.372 e. The Morgan fingerprint density at radius 3 is 2.68 bits per heavy atom. The first kappa shape index (κ1) is 14.7. The lowest BCUT2D eigenvalue weighted by atomic mass is 10.1. The van der Waals surface area contributed by atoms with E-state index in [-0.39, 0.29) is 10.3 Å². The second-order valence-corrected chi connectivity index (χ2v) is 8.14. The maximum Gasteiger partial charge on any atom is 0.244 e. The molecule has 1 unspecified atom stereocenters. The smallest absolute Gasteiger partial charge is 0.244 e. The summed E-state index contributed by atoms with van der Waals surface area (Å²) in [5, 5.41) is 2.80. The SMILES string of the molecule is CNc1ncc(Br)cc1S(=O)(=O)NCC1CC1(C)C. The predicted octanol–water partition coefficient (Wildman–Crippen LogP) is 2.21. The average molecular weight is 348 g/mol. The van der Waals surface area contributed by atoms with Gasteiger partial charge in [0.25, 0.3) is 0 Å². The Balaban J connectivity index is 2.17. The van der Waals surface area contributed by atoms with Crippen molar-refractivity contribution in [1.29, 1.82) is 0 Å². The van der Waals surface area contributed by atoms with Gasteiger partial charge in [-0.3, -0.25) is 0 Å². The molecule has 0 saturated heterocycles. The number of nitrogens with zero attached hydrogens (tertiary/aromatic N) is 1. The standard InChI is InChI=1S/C12H18BrN3O2S/c1-12(2)5-8(12)6-16-19(17,18)10-4-9(13)7-15-11(10)14-3/h4,7-8,16H,5-6H2,1-3H3,(H,14,15). The van der Waals surface area contributed by atoms with Crippen LogP contribution in [0.25, 0.3) is 0 Å². The number of aromatic nitrogens is 1. The fourth-order valence-electron chi connectivity index (χ4n) is 2.03. The minimum absolute atomic E-state index is 0.169. The number of pyridine rings is 1. The van der Waals surface area contributed by atoms with E-state index in [1.54, 1.807) is 19.3 Å². The lowest BCUT2D eigenvalue weighted by molar-refractivity contribution is 0.537. The molecule has 5 nitrogen and oxygen atoms in total. The normalized spacial score (nSPS) is 21.2. The zero-order valence-corrected chi connectivity index (χ0v) is 13.6. The maximum absolute atomic E-state index is 12.3. The molecule has 1 aliphatic carbocycles. The highest BCUT2D eigenvalue weighted by atomic mass is 79.9. The van der Waals surface area contributed by atoms with Crippen LogP contribution in [-0.4, -0.2) is 27.0 Å². The van der Waals surface area contributed by atoms with Crippen molar-refractivity contribution < 1.29 is 8.42 Å². The monoisotopic (exact) mass is 347 g/mol. The first-order valence-electron chi connectivity index (χ1n) is 6.09. The summed E-state index contributed by atoms with van der Waals surface area (Å²) in [5.41, 5.74) is 0.254. The molecule has 1 saturated carbocycles. The summed E-state index contributed by atoms with van der Waals surface area (Å²) < 4.78 is 27.9. The van der Waals surface area contributed by atoms with Gasteiger partial charge in [-0.25, -0.2) is 18.1 Å². The summed E-state index contributed by atoms with van der Waals surface area (Å²) in [6.45, 7) is 4.77. The Bertz CT molecular complexity index is 587. The highest BCUT2D eigenvalue weighted by molar-refractivity contribution is 9.10. The van der Waals surface area contributed by atoms with Crippen LogP contribution >= 0.6 is 15.9 Å². The lowest BCUT2D eigenvalue weighted by Crippen LogP contribution is -2.27. The quantitative estimate of drug-likeness (QED) is 0.856. The molecule has 1 heterocycles. The Morgan fingerprint density at radius 1 is 1.53 bits per heavy atom. The van der Waals surface area contributed by atoms with Crippen molar-refractivity contribution in [3.8, 4) is 0 Å². The van der Waals surface area contributed by atoms with Gasteiger partial charge in [-0.1, -0.05) is 13.8 Å². The lowest BCUT2D eigenvalue weighted by Gasteiger charge is -2.11. The molecule has 106 valence electrons. The van der Waals surface area contributed by atoms with Gasteiger partial charge in [-0.2, -0.15) is 0 Å². The van der Waals surface area contributed by atoms with Crippen molar-refractivity contribution in [2.24, 2.45) is 11.3 Å². The van der Waals surface area contributed by atoms with Crippen LogP contribution in [0.2, 0.25) is 0 Å². The molecule has 0 aliphatic heterocycles. The molecule has 1 aromatic heterocycles. The number of nitrogens with one attached hydrogen (secondary N) is 2. The van der Waals surface area contributed by atoms with Crippen LogP contribution in [0.5, 0.6) is 0 Å². The molecular weight excluding hydrogens is 330 g/mol. The van der Waals surface area contributed by atoms with E-state index >= 15 is 0 Å². The first-order chi connectivity index (χ1) is 8.76. The summed E-state index contributed by atoms with van der Waals surface area (Å²) in [6, 6.07) is 1.55. The topological polar surface area (TPSA) is 71.1 Å². The van der Waals surface area contributed by atoms with Gasteiger partial charge in [0.2, 0.25) is 10.0 Å². The third-order valence-corrected chi connectivity index (χ3v) is 5.45.